The maximum atomic E-state index is 12.6. The first-order chi connectivity index (χ1) is 14.9. The van der Waals surface area contributed by atoms with Gasteiger partial charge < -0.3 is 20.1 Å². The molecular formula is C25H34N2O4. The molecule has 4 aliphatic rings. The minimum atomic E-state index is -0.246. The Hall–Kier alpha value is -2.24. The number of rotatable bonds is 4. The highest BCUT2D eigenvalue weighted by Crippen LogP contribution is 2.45. The Kier molecular flexibility index (Phi) is 5.35. The van der Waals surface area contributed by atoms with Gasteiger partial charge in [0, 0.05) is 30.0 Å². The second-order valence-electron chi connectivity index (χ2n) is 10.5. The molecule has 6 nitrogen and oxygen atoms in total. The van der Waals surface area contributed by atoms with Gasteiger partial charge in [-0.15, -0.1) is 0 Å². The van der Waals surface area contributed by atoms with Crippen molar-refractivity contribution in [1.29, 1.82) is 0 Å². The summed E-state index contributed by atoms with van der Waals surface area (Å²) in [6, 6.07) is 6.14. The average molecular weight is 427 g/mol. The summed E-state index contributed by atoms with van der Waals surface area (Å²) in [5.41, 5.74) is 0.875. The highest BCUT2D eigenvalue weighted by atomic mass is 16.5. The van der Waals surface area contributed by atoms with Crippen LogP contribution in [0.15, 0.2) is 18.2 Å². The van der Waals surface area contributed by atoms with E-state index in [9.17, 15) is 9.59 Å². The van der Waals surface area contributed by atoms with E-state index in [2.05, 4.69) is 24.5 Å². The van der Waals surface area contributed by atoms with Crippen LogP contribution in [0.5, 0.6) is 11.5 Å². The summed E-state index contributed by atoms with van der Waals surface area (Å²) in [6.07, 6.45) is 8.37. The molecule has 5 unspecified atom stereocenters. The van der Waals surface area contributed by atoms with Gasteiger partial charge in [-0.2, -0.15) is 0 Å². The summed E-state index contributed by atoms with van der Waals surface area (Å²) in [5, 5.41) is 6.41. The van der Waals surface area contributed by atoms with Gasteiger partial charge in [0.1, 0.15) is 5.60 Å². The van der Waals surface area contributed by atoms with Gasteiger partial charge in [-0.1, -0.05) is 25.0 Å². The molecule has 1 aromatic rings. The number of piperidine rings is 1. The second-order valence-corrected chi connectivity index (χ2v) is 10.5. The van der Waals surface area contributed by atoms with E-state index >= 15 is 0 Å². The van der Waals surface area contributed by atoms with Crippen LogP contribution in [0.3, 0.4) is 0 Å². The molecule has 5 rings (SSSR count). The van der Waals surface area contributed by atoms with E-state index in [1.54, 1.807) is 0 Å². The van der Waals surface area contributed by atoms with E-state index in [1.165, 1.54) is 19.3 Å². The highest BCUT2D eigenvalue weighted by Gasteiger charge is 2.46. The fraction of sp³-hybridized carbons (Fsp3) is 0.680. The standard InChI is InChI=1S/C25H34N2O4/c1-25(2)13-15-6-5-9-21(23(15)31-25)30-14-22(28)26-16-10-11-18-17-7-3-4-8-19(17)24(29)27-20(18)12-16/h5-6,9,16-20H,3-4,7-8,10-14H2,1-2H3,(H,26,28)(H,27,29). The number of carbonyl (C=O) groups is 2. The Labute approximate surface area is 184 Å². The van der Waals surface area contributed by atoms with Crippen LogP contribution in [-0.4, -0.2) is 36.1 Å². The van der Waals surface area contributed by atoms with Crippen molar-refractivity contribution < 1.29 is 19.1 Å². The fourth-order valence-electron chi connectivity index (χ4n) is 6.40. The fourth-order valence-corrected chi connectivity index (χ4v) is 6.40. The van der Waals surface area contributed by atoms with Gasteiger partial charge in [0.05, 0.1) is 0 Å². The lowest BCUT2D eigenvalue weighted by molar-refractivity contribution is -0.136. The van der Waals surface area contributed by atoms with Crippen molar-refractivity contribution in [2.45, 2.75) is 82.9 Å². The van der Waals surface area contributed by atoms with Crippen LogP contribution >= 0.6 is 0 Å². The van der Waals surface area contributed by atoms with E-state index in [1.807, 2.05) is 18.2 Å². The van der Waals surface area contributed by atoms with Crippen LogP contribution in [0.2, 0.25) is 0 Å². The highest BCUT2D eigenvalue weighted by molar-refractivity contribution is 5.80. The number of ether oxygens (including phenoxy) is 2. The predicted molar refractivity (Wildman–Crippen MR) is 117 cm³/mol. The molecule has 2 saturated carbocycles. The van der Waals surface area contributed by atoms with Gasteiger partial charge in [-0.3, -0.25) is 9.59 Å². The van der Waals surface area contributed by atoms with Gasteiger partial charge in [0.2, 0.25) is 5.91 Å². The molecule has 1 saturated heterocycles. The van der Waals surface area contributed by atoms with Crippen LogP contribution in [-0.2, 0) is 16.0 Å². The topological polar surface area (TPSA) is 76.7 Å². The number of amides is 2. The Morgan fingerprint density at radius 3 is 2.90 bits per heavy atom. The quantitative estimate of drug-likeness (QED) is 0.774. The molecule has 2 aliphatic carbocycles. The minimum absolute atomic E-state index is 0.0259. The van der Waals surface area contributed by atoms with Crippen molar-refractivity contribution >= 4 is 11.8 Å². The predicted octanol–water partition coefficient (Wildman–Crippen LogP) is 3.37. The Morgan fingerprint density at radius 1 is 1.19 bits per heavy atom. The Balaban J connectivity index is 1.15. The van der Waals surface area contributed by atoms with Crippen LogP contribution < -0.4 is 20.1 Å². The number of benzene rings is 1. The zero-order valence-electron chi connectivity index (χ0n) is 18.6. The van der Waals surface area contributed by atoms with Gasteiger partial charge in [-0.05, 0) is 63.9 Å². The van der Waals surface area contributed by atoms with Crippen molar-refractivity contribution in [3.8, 4) is 11.5 Å². The molecule has 2 amide bonds. The first-order valence-electron chi connectivity index (χ1n) is 11.9. The van der Waals surface area contributed by atoms with E-state index in [0.29, 0.717) is 17.6 Å². The molecule has 0 spiro atoms. The van der Waals surface area contributed by atoms with E-state index in [-0.39, 0.29) is 42.0 Å². The molecule has 2 heterocycles. The number of para-hydroxylation sites is 1. The lowest BCUT2D eigenvalue weighted by atomic mass is 9.63. The van der Waals surface area contributed by atoms with Crippen LogP contribution in [0.1, 0.15) is 64.4 Å². The third-order valence-electron chi connectivity index (χ3n) is 7.72. The first-order valence-corrected chi connectivity index (χ1v) is 11.9. The van der Waals surface area contributed by atoms with Gasteiger partial charge in [0.15, 0.2) is 18.1 Å². The van der Waals surface area contributed by atoms with Crippen molar-refractivity contribution in [3.63, 3.8) is 0 Å². The maximum Gasteiger partial charge on any atom is 0.258 e. The molecule has 2 aliphatic heterocycles. The Bertz CT molecular complexity index is 867. The zero-order valence-corrected chi connectivity index (χ0v) is 18.6. The monoisotopic (exact) mass is 426 g/mol. The van der Waals surface area contributed by atoms with Gasteiger partial charge in [-0.25, -0.2) is 0 Å². The molecule has 0 radical (unpaired) electrons. The van der Waals surface area contributed by atoms with Crippen LogP contribution in [0.4, 0.5) is 0 Å². The minimum Gasteiger partial charge on any atom is -0.483 e. The maximum absolute atomic E-state index is 12.6. The first kappa shape index (κ1) is 20.7. The van der Waals surface area contributed by atoms with Crippen molar-refractivity contribution in [3.05, 3.63) is 23.8 Å². The SMILES string of the molecule is CC1(C)Cc2cccc(OCC(=O)NC3CCC4C(C3)NC(=O)C3CCCCC34)c2O1. The third-order valence-corrected chi connectivity index (χ3v) is 7.72. The Morgan fingerprint density at radius 2 is 2.03 bits per heavy atom. The lowest BCUT2D eigenvalue weighted by Gasteiger charge is -2.49. The molecule has 31 heavy (non-hydrogen) atoms. The van der Waals surface area contributed by atoms with E-state index in [0.717, 1.165) is 43.4 Å². The number of carbonyl (C=O) groups excluding carboxylic acids is 2. The molecule has 6 heteroatoms. The third kappa shape index (κ3) is 4.13. The second kappa shape index (κ2) is 8.03. The van der Waals surface area contributed by atoms with Crippen molar-refractivity contribution in [2.75, 3.05) is 6.61 Å². The van der Waals surface area contributed by atoms with Crippen LogP contribution in [0, 0.1) is 17.8 Å². The number of fused-ring (bicyclic) bond motifs is 4. The summed E-state index contributed by atoms with van der Waals surface area (Å²) >= 11 is 0. The summed E-state index contributed by atoms with van der Waals surface area (Å²) in [7, 11) is 0. The molecule has 1 aromatic carbocycles. The van der Waals surface area contributed by atoms with E-state index in [4.69, 9.17) is 9.47 Å². The van der Waals surface area contributed by atoms with Crippen LogP contribution in [0.25, 0.3) is 0 Å². The van der Waals surface area contributed by atoms with E-state index < -0.39 is 0 Å². The zero-order chi connectivity index (χ0) is 21.6. The summed E-state index contributed by atoms with van der Waals surface area (Å²) < 4.78 is 11.9. The molecule has 168 valence electrons. The number of hydrogen-bond donors (Lipinski definition) is 2. The van der Waals surface area contributed by atoms with Gasteiger partial charge in [0.25, 0.3) is 5.91 Å². The largest absolute Gasteiger partial charge is 0.483 e. The smallest absolute Gasteiger partial charge is 0.258 e. The van der Waals surface area contributed by atoms with Crippen molar-refractivity contribution in [2.24, 2.45) is 17.8 Å². The molecule has 0 aromatic heterocycles. The average Bonchev–Trinajstić information content (AvgIpc) is 3.06. The summed E-state index contributed by atoms with van der Waals surface area (Å²) in [4.78, 5) is 25.2. The number of nitrogens with one attached hydrogen (secondary N) is 2. The summed E-state index contributed by atoms with van der Waals surface area (Å²) in [6.45, 7) is 4.08. The lowest BCUT2D eigenvalue weighted by Crippen LogP contribution is -2.59. The molecule has 5 atom stereocenters. The number of hydrogen-bond acceptors (Lipinski definition) is 4. The molecule has 3 fully saturated rings. The van der Waals surface area contributed by atoms with Gasteiger partial charge >= 0.3 is 0 Å². The molecular weight excluding hydrogens is 392 g/mol. The molecule has 2 N–H and O–H groups in total. The summed E-state index contributed by atoms with van der Waals surface area (Å²) in [5.74, 6) is 2.83. The molecule has 0 bridgehead atoms. The normalized spacial score (nSPS) is 33.2. The van der Waals surface area contributed by atoms with Crippen molar-refractivity contribution in [1.82, 2.24) is 10.6 Å².